The molecule has 3 N–H and O–H groups in total. The largest absolute Gasteiger partial charge is 0.494 e. The van der Waals surface area contributed by atoms with Crippen LogP contribution in [0.25, 0.3) is 0 Å². The van der Waals surface area contributed by atoms with Gasteiger partial charge in [0, 0.05) is 11.8 Å². The molecular weight excluding hydrogens is 275 g/mol. The Hall–Kier alpha value is -2.14. The molecule has 0 aliphatic rings. The molecule has 2 aromatic rings. The molecule has 0 aromatic heterocycles. The first kappa shape index (κ1) is 14.3. The summed E-state index contributed by atoms with van der Waals surface area (Å²) < 4.78 is 19.2. The topological polar surface area (TPSA) is 47.3 Å². The minimum absolute atomic E-state index is 0.0200. The fourth-order valence-electron chi connectivity index (χ4n) is 1.86. The fourth-order valence-corrected chi connectivity index (χ4v) is 2.07. The summed E-state index contributed by atoms with van der Waals surface area (Å²) in [4.78, 5) is 0.0200. The van der Waals surface area contributed by atoms with Gasteiger partial charge in [0.1, 0.15) is 16.6 Å². The number of nitrogens with two attached hydrogens (primary N) is 1. The van der Waals surface area contributed by atoms with Gasteiger partial charge in [-0.15, -0.1) is 0 Å². The number of nitrogens with one attached hydrogen (secondary N) is 1. The van der Waals surface area contributed by atoms with Crippen LogP contribution in [0.4, 0.5) is 15.8 Å². The number of benzene rings is 2. The van der Waals surface area contributed by atoms with Crippen molar-refractivity contribution in [3.63, 3.8) is 0 Å². The van der Waals surface area contributed by atoms with Crippen molar-refractivity contribution in [2.45, 2.75) is 6.92 Å². The van der Waals surface area contributed by atoms with Crippen molar-refractivity contribution in [3.8, 4) is 5.75 Å². The quantitative estimate of drug-likeness (QED) is 0.826. The highest BCUT2D eigenvalue weighted by atomic mass is 32.1. The van der Waals surface area contributed by atoms with Crippen molar-refractivity contribution in [2.75, 3.05) is 11.9 Å². The highest BCUT2D eigenvalue weighted by Crippen LogP contribution is 2.25. The summed E-state index contributed by atoms with van der Waals surface area (Å²) in [5, 5.41) is 3.11. The van der Waals surface area contributed by atoms with E-state index in [9.17, 15) is 4.39 Å². The number of hydrogen-bond donors (Lipinski definition) is 2. The van der Waals surface area contributed by atoms with Crippen molar-refractivity contribution < 1.29 is 9.13 Å². The van der Waals surface area contributed by atoms with E-state index in [-0.39, 0.29) is 10.6 Å². The molecule has 104 valence electrons. The maximum Gasteiger partial charge on any atom is 0.135 e. The van der Waals surface area contributed by atoms with Crippen LogP contribution in [0.3, 0.4) is 0 Å². The molecule has 0 aliphatic carbocycles. The van der Waals surface area contributed by atoms with Crippen LogP contribution in [0.15, 0.2) is 42.5 Å². The number of hydrogen-bond acceptors (Lipinski definition) is 3. The van der Waals surface area contributed by atoms with Crippen LogP contribution >= 0.6 is 12.2 Å². The number of ether oxygens (including phenoxy) is 1. The Morgan fingerprint density at radius 3 is 2.75 bits per heavy atom. The van der Waals surface area contributed by atoms with Crippen LogP contribution < -0.4 is 15.8 Å². The second kappa shape index (κ2) is 6.34. The SMILES string of the molecule is CCOc1cccc(Nc2cccc(F)c2C(N)=S)c1. The van der Waals surface area contributed by atoms with E-state index < -0.39 is 5.82 Å². The molecule has 0 aliphatic heterocycles. The summed E-state index contributed by atoms with van der Waals surface area (Å²) in [6.07, 6.45) is 0. The standard InChI is InChI=1S/C15H15FN2OS/c1-2-19-11-6-3-5-10(9-11)18-13-8-4-7-12(16)14(13)15(17)20/h3-9,18H,2H2,1H3,(H2,17,20). The Morgan fingerprint density at radius 2 is 2.05 bits per heavy atom. The van der Waals surface area contributed by atoms with E-state index in [1.54, 1.807) is 12.1 Å². The smallest absolute Gasteiger partial charge is 0.135 e. The molecule has 2 aromatic carbocycles. The van der Waals surface area contributed by atoms with Crippen LogP contribution in [0, 0.1) is 5.82 Å². The zero-order chi connectivity index (χ0) is 14.5. The van der Waals surface area contributed by atoms with Gasteiger partial charge >= 0.3 is 0 Å². The van der Waals surface area contributed by atoms with Crippen LogP contribution in [0.1, 0.15) is 12.5 Å². The van der Waals surface area contributed by atoms with Gasteiger partial charge < -0.3 is 15.8 Å². The third kappa shape index (κ3) is 3.24. The molecule has 0 atom stereocenters. The molecule has 0 bridgehead atoms. The average Bonchev–Trinajstić information content (AvgIpc) is 2.39. The van der Waals surface area contributed by atoms with Crippen molar-refractivity contribution >= 4 is 28.6 Å². The fraction of sp³-hybridized carbons (Fsp3) is 0.133. The predicted octanol–water partition coefficient (Wildman–Crippen LogP) is 3.60. The van der Waals surface area contributed by atoms with Crippen molar-refractivity contribution in [1.82, 2.24) is 0 Å². The van der Waals surface area contributed by atoms with Crippen LogP contribution in [-0.4, -0.2) is 11.6 Å². The van der Waals surface area contributed by atoms with Crippen molar-refractivity contribution in [1.29, 1.82) is 0 Å². The molecule has 2 rings (SSSR count). The molecule has 0 unspecified atom stereocenters. The third-order valence-corrected chi connectivity index (χ3v) is 2.89. The van der Waals surface area contributed by atoms with Crippen LogP contribution in [-0.2, 0) is 0 Å². The predicted molar refractivity (Wildman–Crippen MR) is 83.2 cm³/mol. The van der Waals surface area contributed by atoms with Gasteiger partial charge in [0.2, 0.25) is 0 Å². The lowest BCUT2D eigenvalue weighted by Gasteiger charge is -2.13. The summed E-state index contributed by atoms with van der Waals surface area (Å²) in [5.74, 6) is 0.300. The second-order valence-electron chi connectivity index (χ2n) is 4.11. The van der Waals surface area contributed by atoms with Crippen molar-refractivity contribution in [3.05, 3.63) is 53.8 Å². The monoisotopic (exact) mass is 290 g/mol. The third-order valence-electron chi connectivity index (χ3n) is 2.68. The van der Waals surface area contributed by atoms with E-state index >= 15 is 0 Å². The molecule has 0 fully saturated rings. The number of halogens is 1. The maximum atomic E-state index is 13.8. The van der Waals surface area contributed by atoms with Gasteiger partial charge in [0.25, 0.3) is 0 Å². The molecule has 0 saturated carbocycles. The highest BCUT2D eigenvalue weighted by Gasteiger charge is 2.11. The van der Waals surface area contributed by atoms with Gasteiger partial charge in [-0.25, -0.2) is 4.39 Å². The van der Waals surface area contributed by atoms with E-state index in [2.05, 4.69) is 5.32 Å². The molecule has 0 heterocycles. The summed E-state index contributed by atoms with van der Waals surface area (Å²) in [5.41, 5.74) is 7.10. The molecule has 0 amide bonds. The Labute approximate surface area is 122 Å². The van der Waals surface area contributed by atoms with Gasteiger partial charge in [-0.05, 0) is 31.2 Å². The first-order chi connectivity index (χ1) is 9.61. The molecule has 0 spiro atoms. The summed E-state index contributed by atoms with van der Waals surface area (Å²) in [7, 11) is 0. The zero-order valence-corrected chi connectivity index (χ0v) is 11.8. The van der Waals surface area contributed by atoms with Gasteiger partial charge in [0.05, 0.1) is 17.9 Å². The second-order valence-corrected chi connectivity index (χ2v) is 4.55. The Kier molecular flexibility index (Phi) is 4.53. The minimum Gasteiger partial charge on any atom is -0.494 e. The number of anilines is 2. The van der Waals surface area contributed by atoms with Crippen molar-refractivity contribution in [2.24, 2.45) is 5.73 Å². The summed E-state index contributed by atoms with van der Waals surface area (Å²) in [6, 6.07) is 12.1. The van der Waals surface area contributed by atoms with Gasteiger partial charge in [-0.2, -0.15) is 0 Å². The lowest BCUT2D eigenvalue weighted by Crippen LogP contribution is -2.14. The lowest BCUT2D eigenvalue weighted by molar-refractivity contribution is 0.340. The van der Waals surface area contributed by atoms with Gasteiger partial charge in [0.15, 0.2) is 0 Å². The highest BCUT2D eigenvalue weighted by molar-refractivity contribution is 7.80. The molecule has 20 heavy (non-hydrogen) atoms. The Balaban J connectivity index is 2.32. The maximum absolute atomic E-state index is 13.8. The van der Waals surface area contributed by atoms with Gasteiger partial charge in [-0.3, -0.25) is 0 Å². The summed E-state index contributed by atoms with van der Waals surface area (Å²) in [6.45, 7) is 2.50. The molecule has 0 radical (unpaired) electrons. The summed E-state index contributed by atoms with van der Waals surface area (Å²) >= 11 is 4.89. The Morgan fingerprint density at radius 1 is 1.30 bits per heavy atom. The van der Waals surface area contributed by atoms with Crippen LogP contribution in [0.2, 0.25) is 0 Å². The van der Waals surface area contributed by atoms with Crippen LogP contribution in [0.5, 0.6) is 5.75 Å². The average molecular weight is 290 g/mol. The van der Waals surface area contributed by atoms with Gasteiger partial charge in [-0.1, -0.05) is 24.4 Å². The molecule has 5 heteroatoms. The number of thiocarbonyl (C=S) groups is 1. The Bertz CT molecular complexity index is 631. The minimum atomic E-state index is -0.441. The number of rotatable bonds is 5. The van der Waals surface area contributed by atoms with E-state index in [1.807, 2.05) is 31.2 Å². The lowest BCUT2D eigenvalue weighted by atomic mass is 10.1. The molecular formula is C15H15FN2OS. The van der Waals surface area contributed by atoms with E-state index in [1.165, 1.54) is 6.07 Å². The first-order valence-electron chi connectivity index (χ1n) is 6.20. The first-order valence-corrected chi connectivity index (χ1v) is 6.61. The normalized spacial score (nSPS) is 10.1. The van der Waals surface area contributed by atoms with E-state index in [4.69, 9.17) is 22.7 Å². The zero-order valence-electron chi connectivity index (χ0n) is 11.0. The molecule has 0 saturated heterocycles. The van der Waals surface area contributed by atoms with E-state index in [0.717, 1.165) is 11.4 Å². The molecule has 3 nitrogen and oxygen atoms in total. The van der Waals surface area contributed by atoms with E-state index in [0.29, 0.717) is 12.3 Å².